The van der Waals surface area contributed by atoms with E-state index < -0.39 is 11.7 Å². The summed E-state index contributed by atoms with van der Waals surface area (Å²) in [6.45, 7) is 0. The highest BCUT2D eigenvalue weighted by Gasteiger charge is 2.34. The van der Waals surface area contributed by atoms with Crippen LogP contribution in [0.1, 0.15) is 11.3 Å². The van der Waals surface area contributed by atoms with E-state index in [0.717, 1.165) is 6.07 Å². The normalized spacial score (nSPS) is 11.8. The topological polar surface area (TPSA) is 17.8 Å². The number of hydrogen-bond acceptors (Lipinski definition) is 1. The van der Waals surface area contributed by atoms with E-state index in [9.17, 15) is 13.2 Å². The first-order valence-electron chi connectivity index (χ1n) is 4.89. The molecule has 2 nitrogen and oxygen atoms in total. The molecular weight excluding hydrogens is 332 g/mol. The van der Waals surface area contributed by atoms with Crippen molar-refractivity contribution in [1.29, 1.82) is 0 Å². The fraction of sp³-hybridized carbons (Fsp3) is 0.182. The Bertz CT molecular complexity index is 566. The maximum atomic E-state index is 12.9. The van der Waals surface area contributed by atoms with Gasteiger partial charge >= 0.3 is 6.18 Å². The van der Waals surface area contributed by atoms with E-state index in [-0.39, 0.29) is 11.6 Å². The van der Waals surface area contributed by atoms with Gasteiger partial charge in [-0.25, -0.2) is 4.68 Å². The fourth-order valence-corrected chi connectivity index (χ4v) is 2.01. The van der Waals surface area contributed by atoms with Crippen molar-refractivity contribution in [2.24, 2.45) is 0 Å². The summed E-state index contributed by atoms with van der Waals surface area (Å²) in [7, 11) is 0. The van der Waals surface area contributed by atoms with Crippen molar-refractivity contribution < 1.29 is 13.2 Å². The van der Waals surface area contributed by atoms with E-state index in [1.165, 1.54) is 23.0 Å². The Balaban J connectivity index is 2.56. The molecule has 0 aliphatic rings. The zero-order valence-electron chi connectivity index (χ0n) is 8.88. The number of halogens is 5. The summed E-state index contributed by atoms with van der Waals surface area (Å²) in [5, 5.41) is 3.97. The van der Waals surface area contributed by atoms with Gasteiger partial charge in [-0.2, -0.15) is 18.3 Å². The molecule has 1 heterocycles. The van der Waals surface area contributed by atoms with E-state index in [0.29, 0.717) is 10.2 Å². The molecule has 2 rings (SSSR count). The van der Waals surface area contributed by atoms with E-state index >= 15 is 0 Å². The lowest BCUT2D eigenvalue weighted by Crippen LogP contribution is -2.11. The molecule has 0 saturated carbocycles. The zero-order valence-corrected chi connectivity index (χ0v) is 11.2. The third-order valence-electron chi connectivity index (χ3n) is 2.29. The van der Waals surface area contributed by atoms with Gasteiger partial charge in [0.05, 0.1) is 22.8 Å². The fourth-order valence-electron chi connectivity index (χ4n) is 1.50. The zero-order chi connectivity index (χ0) is 13.3. The monoisotopic (exact) mass is 338 g/mol. The molecule has 0 aliphatic heterocycles. The van der Waals surface area contributed by atoms with E-state index in [2.05, 4.69) is 21.0 Å². The Hall–Kier alpha value is -1.01. The molecule has 0 spiro atoms. The smallest absolute Gasteiger partial charge is 0.240 e. The van der Waals surface area contributed by atoms with Gasteiger partial charge in [0.15, 0.2) is 0 Å². The van der Waals surface area contributed by atoms with Gasteiger partial charge in [0.2, 0.25) is 0 Å². The van der Waals surface area contributed by atoms with Crippen molar-refractivity contribution in [3.8, 4) is 5.69 Å². The molecular formula is C11H7BrClF3N2. The van der Waals surface area contributed by atoms with Crippen LogP contribution < -0.4 is 0 Å². The number of rotatable bonds is 2. The predicted octanol–water partition coefficient (Wildman–Crippen LogP) is 4.39. The molecule has 96 valence electrons. The van der Waals surface area contributed by atoms with E-state index in [1.807, 2.05) is 0 Å². The molecule has 0 saturated heterocycles. The Morgan fingerprint density at radius 1 is 1.28 bits per heavy atom. The standard InChI is InChI=1S/C11H7BrClF3N2/c12-7-1-2-10(9(5-7)11(14,15)16)18-4-3-8(6-13)17-18/h1-5H,6H2. The summed E-state index contributed by atoms with van der Waals surface area (Å²) < 4.78 is 40.3. The molecule has 0 bridgehead atoms. The van der Waals surface area contributed by atoms with Crippen LogP contribution >= 0.6 is 27.5 Å². The summed E-state index contributed by atoms with van der Waals surface area (Å²) in [5.41, 5.74) is -0.254. The molecule has 0 amide bonds. The molecule has 0 radical (unpaired) electrons. The predicted molar refractivity (Wildman–Crippen MR) is 65.8 cm³/mol. The third kappa shape index (κ3) is 2.70. The number of nitrogens with zero attached hydrogens (tertiary/aromatic N) is 2. The maximum absolute atomic E-state index is 12.9. The summed E-state index contributed by atoms with van der Waals surface area (Å²) in [6, 6.07) is 5.50. The van der Waals surface area contributed by atoms with Crippen molar-refractivity contribution >= 4 is 27.5 Å². The average Bonchev–Trinajstić information content (AvgIpc) is 2.76. The summed E-state index contributed by atoms with van der Waals surface area (Å²) >= 11 is 8.61. The van der Waals surface area contributed by atoms with Crippen molar-refractivity contribution in [2.75, 3.05) is 0 Å². The first-order valence-corrected chi connectivity index (χ1v) is 6.22. The van der Waals surface area contributed by atoms with Gasteiger partial charge in [0.25, 0.3) is 0 Å². The van der Waals surface area contributed by atoms with Gasteiger partial charge in [-0.1, -0.05) is 15.9 Å². The number of benzene rings is 1. The van der Waals surface area contributed by atoms with E-state index in [4.69, 9.17) is 11.6 Å². The van der Waals surface area contributed by atoms with Gasteiger partial charge in [0.1, 0.15) is 0 Å². The quantitative estimate of drug-likeness (QED) is 0.742. The van der Waals surface area contributed by atoms with Gasteiger partial charge in [-0.05, 0) is 24.3 Å². The van der Waals surface area contributed by atoms with Gasteiger partial charge in [-0.3, -0.25) is 0 Å². The van der Waals surface area contributed by atoms with Crippen LogP contribution in [-0.4, -0.2) is 9.78 Å². The molecule has 0 fully saturated rings. The molecule has 7 heteroatoms. The van der Waals surface area contributed by atoms with Crippen LogP contribution in [0.3, 0.4) is 0 Å². The molecule has 18 heavy (non-hydrogen) atoms. The minimum Gasteiger partial charge on any atom is -0.240 e. The highest BCUT2D eigenvalue weighted by atomic mass is 79.9. The second-order valence-electron chi connectivity index (χ2n) is 3.54. The Kier molecular flexibility index (Phi) is 3.68. The lowest BCUT2D eigenvalue weighted by atomic mass is 10.1. The van der Waals surface area contributed by atoms with Gasteiger partial charge < -0.3 is 0 Å². The van der Waals surface area contributed by atoms with Gasteiger partial charge in [-0.15, -0.1) is 11.6 Å². The lowest BCUT2D eigenvalue weighted by molar-refractivity contribution is -0.137. The van der Waals surface area contributed by atoms with Gasteiger partial charge in [0, 0.05) is 10.7 Å². The van der Waals surface area contributed by atoms with E-state index in [1.54, 1.807) is 6.07 Å². The molecule has 1 aromatic heterocycles. The lowest BCUT2D eigenvalue weighted by Gasteiger charge is -2.13. The molecule has 2 aromatic rings. The van der Waals surface area contributed by atoms with Crippen molar-refractivity contribution in [3.05, 3.63) is 46.2 Å². The second-order valence-corrected chi connectivity index (χ2v) is 4.73. The van der Waals surface area contributed by atoms with Crippen LogP contribution in [0.25, 0.3) is 5.69 Å². The van der Waals surface area contributed by atoms with Crippen molar-refractivity contribution in [1.82, 2.24) is 9.78 Å². The molecule has 0 N–H and O–H groups in total. The minimum atomic E-state index is -4.44. The van der Waals surface area contributed by atoms with Crippen molar-refractivity contribution in [3.63, 3.8) is 0 Å². The SMILES string of the molecule is FC(F)(F)c1cc(Br)ccc1-n1ccc(CCl)n1. The number of alkyl halides is 4. The van der Waals surface area contributed by atoms with Crippen LogP contribution in [0.4, 0.5) is 13.2 Å². The number of hydrogen-bond donors (Lipinski definition) is 0. The molecule has 0 aliphatic carbocycles. The molecule has 0 unspecified atom stereocenters. The summed E-state index contributed by atoms with van der Waals surface area (Å²) in [5.74, 6) is 0.158. The largest absolute Gasteiger partial charge is 0.418 e. The highest BCUT2D eigenvalue weighted by molar-refractivity contribution is 9.10. The Morgan fingerprint density at radius 2 is 2.00 bits per heavy atom. The van der Waals surface area contributed by atoms with Crippen LogP contribution in [-0.2, 0) is 12.1 Å². The Labute approximate surface area is 114 Å². The van der Waals surface area contributed by atoms with Crippen LogP contribution in [0.15, 0.2) is 34.9 Å². The Morgan fingerprint density at radius 3 is 2.56 bits per heavy atom. The first kappa shape index (κ1) is 13.4. The summed E-state index contributed by atoms with van der Waals surface area (Å²) in [4.78, 5) is 0. The average molecular weight is 340 g/mol. The first-order chi connectivity index (χ1) is 8.41. The summed E-state index contributed by atoms with van der Waals surface area (Å²) in [6.07, 6.45) is -2.98. The van der Waals surface area contributed by atoms with Crippen molar-refractivity contribution in [2.45, 2.75) is 12.1 Å². The number of aromatic nitrogens is 2. The maximum Gasteiger partial charge on any atom is 0.418 e. The van der Waals surface area contributed by atoms with Crippen LogP contribution in [0.2, 0.25) is 0 Å². The second kappa shape index (κ2) is 4.93. The third-order valence-corrected chi connectivity index (χ3v) is 3.06. The van der Waals surface area contributed by atoms with Crippen LogP contribution in [0, 0.1) is 0 Å². The molecule has 1 aromatic carbocycles. The molecule has 0 atom stereocenters. The minimum absolute atomic E-state index is 0.0259. The highest BCUT2D eigenvalue weighted by Crippen LogP contribution is 2.35. The van der Waals surface area contributed by atoms with Crippen LogP contribution in [0.5, 0.6) is 0 Å².